The van der Waals surface area contributed by atoms with Crippen molar-refractivity contribution in [1.29, 1.82) is 0 Å². The summed E-state index contributed by atoms with van der Waals surface area (Å²) in [7, 11) is 0. The lowest BCUT2D eigenvalue weighted by atomic mass is 9.79. The van der Waals surface area contributed by atoms with Crippen molar-refractivity contribution in [3.63, 3.8) is 0 Å². The van der Waals surface area contributed by atoms with Gasteiger partial charge < -0.3 is 15.3 Å². The molecule has 6 nitrogen and oxygen atoms in total. The van der Waals surface area contributed by atoms with E-state index in [9.17, 15) is 29.7 Å². The first kappa shape index (κ1) is 35.9. The Bertz CT molecular complexity index is 581. The van der Waals surface area contributed by atoms with Crippen molar-refractivity contribution in [2.45, 2.75) is 180 Å². The smallest absolute Gasteiger partial charge is 0.210 e. The molecule has 0 saturated heterocycles. The summed E-state index contributed by atoms with van der Waals surface area (Å²) in [6.45, 7) is 6.18. The van der Waals surface area contributed by atoms with Crippen LogP contribution in [-0.2, 0) is 14.4 Å². The predicted octanol–water partition coefficient (Wildman–Crippen LogP) is 6.79. The van der Waals surface area contributed by atoms with Crippen molar-refractivity contribution in [2.24, 2.45) is 0 Å². The van der Waals surface area contributed by atoms with E-state index in [2.05, 4.69) is 6.92 Å². The molecule has 0 aliphatic carbocycles. The Morgan fingerprint density at radius 1 is 0.514 bits per heavy atom. The number of hydrogen-bond donors (Lipinski definition) is 3. The minimum atomic E-state index is -2.73. The van der Waals surface area contributed by atoms with Crippen LogP contribution in [0.4, 0.5) is 0 Å². The zero-order chi connectivity index (χ0) is 27.9. The molecule has 6 heteroatoms. The Morgan fingerprint density at radius 2 is 0.811 bits per heavy atom. The molecule has 0 aliphatic heterocycles. The topological polar surface area (TPSA) is 112 Å². The third-order valence-electron chi connectivity index (χ3n) is 7.45. The second-order valence-corrected chi connectivity index (χ2v) is 10.9. The molecule has 2 unspecified atom stereocenters. The molecule has 0 amide bonds. The maximum Gasteiger partial charge on any atom is 0.210 e. The van der Waals surface area contributed by atoms with Gasteiger partial charge in [0.15, 0.2) is 17.3 Å². The molecule has 3 N–H and O–H groups in total. The average Bonchev–Trinajstić information content (AvgIpc) is 2.89. The summed E-state index contributed by atoms with van der Waals surface area (Å²) < 4.78 is 0. The predicted molar refractivity (Wildman–Crippen MR) is 151 cm³/mol. The van der Waals surface area contributed by atoms with Gasteiger partial charge in [-0.05, 0) is 19.3 Å². The molecule has 0 saturated carbocycles. The number of Topliss-reactive ketones (excluding diaryl/α,β-unsaturated/α-hetero) is 3. The first-order valence-corrected chi connectivity index (χ1v) is 15.4. The summed E-state index contributed by atoms with van der Waals surface area (Å²) in [5, 5.41) is 32.3. The second-order valence-electron chi connectivity index (χ2n) is 10.9. The lowest BCUT2D eigenvalue weighted by molar-refractivity contribution is -0.174. The van der Waals surface area contributed by atoms with Crippen LogP contribution in [0.1, 0.15) is 162 Å². The second kappa shape index (κ2) is 22.8. The first-order chi connectivity index (χ1) is 17.8. The van der Waals surface area contributed by atoms with Crippen LogP contribution >= 0.6 is 0 Å². The fourth-order valence-corrected chi connectivity index (χ4v) is 4.81. The average molecular weight is 527 g/mol. The molecular formula is C31H58O6. The molecule has 218 valence electrons. The van der Waals surface area contributed by atoms with Gasteiger partial charge in [0.1, 0.15) is 12.2 Å². The van der Waals surface area contributed by atoms with Gasteiger partial charge >= 0.3 is 0 Å². The first-order valence-electron chi connectivity index (χ1n) is 15.4. The van der Waals surface area contributed by atoms with Crippen molar-refractivity contribution in [3.8, 4) is 0 Å². The lowest BCUT2D eigenvalue weighted by Crippen LogP contribution is -2.61. The molecule has 0 bridgehead atoms. The molecule has 0 aromatic heterocycles. The summed E-state index contributed by atoms with van der Waals surface area (Å²) in [6.07, 6.45) is 15.3. The molecule has 0 aliphatic rings. The minimum absolute atomic E-state index is 0.0557. The fraction of sp³-hybridized carbons (Fsp3) is 0.903. The Hall–Kier alpha value is -1.11. The summed E-state index contributed by atoms with van der Waals surface area (Å²) in [6, 6.07) is 0. The van der Waals surface area contributed by atoms with Crippen LogP contribution in [0.5, 0.6) is 0 Å². The SMILES string of the molecule is CCCCCCCCCCCCCCCC(=O)C(O)C(O)C(O)(C(=O)CCCCC)C(=O)CCCCC. The van der Waals surface area contributed by atoms with Crippen molar-refractivity contribution in [2.75, 3.05) is 0 Å². The van der Waals surface area contributed by atoms with Crippen LogP contribution < -0.4 is 0 Å². The highest BCUT2D eigenvalue weighted by Gasteiger charge is 2.52. The zero-order valence-electron chi connectivity index (χ0n) is 24.3. The third-order valence-corrected chi connectivity index (χ3v) is 7.45. The maximum absolute atomic E-state index is 12.8. The lowest BCUT2D eigenvalue weighted by Gasteiger charge is -2.32. The number of rotatable bonds is 27. The van der Waals surface area contributed by atoms with E-state index in [1.807, 2.05) is 13.8 Å². The highest BCUT2D eigenvalue weighted by Crippen LogP contribution is 2.25. The largest absolute Gasteiger partial charge is 0.386 e. The Labute approximate surface area is 227 Å². The fourth-order valence-electron chi connectivity index (χ4n) is 4.81. The van der Waals surface area contributed by atoms with Gasteiger partial charge in [-0.3, -0.25) is 14.4 Å². The van der Waals surface area contributed by atoms with E-state index in [4.69, 9.17) is 0 Å². The van der Waals surface area contributed by atoms with Gasteiger partial charge in [-0.25, -0.2) is 0 Å². The Kier molecular flexibility index (Phi) is 22.2. The van der Waals surface area contributed by atoms with E-state index < -0.39 is 35.2 Å². The van der Waals surface area contributed by atoms with E-state index >= 15 is 0 Å². The van der Waals surface area contributed by atoms with Gasteiger partial charge in [0.2, 0.25) is 5.60 Å². The Morgan fingerprint density at radius 3 is 1.19 bits per heavy atom. The Balaban J connectivity index is 4.51. The van der Waals surface area contributed by atoms with Crippen LogP contribution in [0.15, 0.2) is 0 Å². The molecule has 2 atom stereocenters. The molecule has 0 rings (SSSR count). The van der Waals surface area contributed by atoms with E-state index in [1.165, 1.54) is 57.8 Å². The van der Waals surface area contributed by atoms with Crippen LogP contribution in [-0.4, -0.2) is 50.5 Å². The molecule has 0 heterocycles. The van der Waals surface area contributed by atoms with E-state index in [1.54, 1.807) is 0 Å². The normalized spacial score (nSPS) is 13.5. The van der Waals surface area contributed by atoms with Gasteiger partial charge in [-0.2, -0.15) is 0 Å². The number of hydrogen-bond acceptors (Lipinski definition) is 6. The maximum atomic E-state index is 12.8. The van der Waals surface area contributed by atoms with E-state index in [0.29, 0.717) is 19.3 Å². The van der Waals surface area contributed by atoms with Crippen molar-refractivity contribution in [3.05, 3.63) is 0 Å². The summed E-state index contributed by atoms with van der Waals surface area (Å²) >= 11 is 0. The van der Waals surface area contributed by atoms with Gasteiger partial charge in [0, 0.05) is 19.3 Å². The minimum Gasteiger partial charge on any atom is -0.386 e. The summed E-state index contributed by atoms with van der Waals surface area (Å²) in [5.41, 5.74) is -2.73. The van der Waals surface area contributed by atoms with Gasteiger partial charge in [-0.15, -0.1) is 0 Å². The standard InChI is InChI=1S/C31H58O6/c1-4-7-10-11-12-13-14-15-16-17-18-19-22-23-26(32)29(35)30(36)31(37,27(33)24-20-8-5-2)28(34)25-21-9-6-3/h29-30,35-37H,4-25H2,1-3H3. The number of aliphatic hydroxyl groups excluding tert-OH is 2. The van der Waals surface area contributed by atoms with E-state index in [-0.39, 0.29) is 19.3 Å². The quantitative estimate of drug-likeness (QED) is 0.0802. The number of carbonyl (C=O) groups is 3. The van der Waals surface area contributed by atoms with Crippen molar-refractivity contribution >= 4 is 17.3 Å². The summed E-state index contributed by atoms with van der Waals surface area (Å²) in [4.78, 5) is 38.2. The van der Waals surface area contributed by atoms with Crippen molar-refractivity contribution in [1.82, 2.24) is 0 Å². The zero-order valence-corrected chi connectivity index (χ0v) is 24.3. The number of carbonyl (C=O) groups excluding carboxylic acids is 3. The summed E-state index contributed by atoms with van der Waals surface area (Å²) in [5.74, 6) is -2.23. The van der Waals surface area contributed by atoms with E-state index in [0.717, 1.165) is 44.9 Å². The molecule has 0 fully saturated rings. The van der Waals surface area contributed by atoms with Gasteiger partial charge in [-0.1, -0.05) is 124 Å². The number of aliphatic hydroxyl groups is 3. The van der Waals surface area contributed by atoms with Crippen LogP contribution in [0.2, 0.25) is 0 Å². The molecule has 0 aromatic carbocycles. The monoisotopic (exact) mass is 526 g/mol. The molecule has 0 aromatic rings. The number of ketones is 3. The molecule has 37 heavy (non-hydrogen) atoms. The molecule has 0 spiro atoms. The molecule has 0 radical (unpaired) electrons. The molecular weight excluding hydrogens is 468 g/mol. The third kappa shape index (κ3) is 15.2. The number of unbranched alkanes of at least 4 members (excludes halogenated alkanes) is 16. The van der Waals surface area contributed by atoms with Crippen LogP contribution in [0.3, 0.4) is 0 Å². The highest BCUT2D eigenvalue weighted by atomic mass is 16.4. The van der Waals surface area contributed by atoms with Crippen LogP contribution in [0.25, 0.3) is 0 Å². The highest BCUT2D eigenvalue weighted by molar-refractivity contribution is 6.11. The van der Waals surface area contributed by atoms with Gasteiger partial charge in [0.05, 0.1) is 0 Å². The van der Waals surface area contributed by atoms with Crippen LogP contribution in [0, 0.1) is 0 Å². The van der Waals surface area contributed by atoms with Gasteiger partial charge in [0.25, 0.3) is 0 Å². The van der Waals surface area contributed by atoms with Crippen molar-refractivity contribution < 1.29 is 29.7 Å².